The molecule has 1 aliphatic rings. The number of β-amino-alcohol motifs (C(OH)–C–C–N with tert-alkyl or cyclic N) is 1. The molecule has 1 atom stereocenters. The van der Waals surface area contributed by atoms with E-state index < -0.39 is 6.10 Å². The minimum absolute atomic E-state index is 0.104. The molecule has 1 unspecified atom stereocenters. The molecule has 0 spiro atoms. The summed E-state index contributed by atoms with van der Waals surface area (Å²) >= 11 is 1.47. The van der Waals surface area contributed by atoms with Crippen molar-refractivity contribution >= 4 is 22.5 Å². The van der Waals surface area contributed by atoms with Gasteiger partial charge in [0, 0.05) is 43.8 Å². The van der Waals surface area contributed by atoms with Gasteiger partial charge in [0.05, 0.1) is 6.10 Å². The van der Waals surface area contributed by atoms with E-state index in [4.69, 9.17) is 0 Å². The average molecular weight is 346 g/mol. The van der Waals surface area contributed by atoms with Crippen LogP contribution >= 0.6 is 11.3 Å². The first-order chi connectivity index (χ1) is 11.6. The first kappa shape index (κ1) is 16.9. The van der Waals surface area contributed by atoms with Gasteiger partial charge >= 0.3 is 6.03 Å². The molecule has 2 heterocycles. The lowest BCUT2D eigenvalue weighted by atomic mass is 10.1. The number of urea groups is 1. The number of carbonyl (C=O) groups is 1. The van der Waals surface area contributed by atoms with E-state index in [1.54, 1.807) is 11.1 Å². The standard InChI is InChI=1S/C17H22N4O2S/c1-13-11-18-16(24-13)19-17(23)21-9-7-20(8-10-21)12-15(22)14-5-3-2-4-6-14/h2-6,11,15,22H,7-10,12H2,1H3,(H,18,19,23). The summed E-state index contributed by atoms with van der Waals surface area (Å²) in [5.74, 6) is 0. The molecule has 1 aliphatic heterocycles. The SMILES string of the molecule is Cc1cnc(NC(=O)N2CCN(CC(O)c3ccccc3)CC2)s1. The van der Waals surface area contributed by atoms with Gasteiger partial charge in [0.25, 0.3) is 0 Å². The predicted octanol–water partition coefficient (Wildman–Crippen LogP) is 2.33. The van der Waals surface area contributed by atoms with Gasteiger partial charge in [-0.1, -0.05) is 30.3 Å². The fourth-order valence-corrected chi connectivity index (χ4v) is 3.40. The van der Waals surface area contributed by atoms with Gasteiger partial charge in [-0.25, -0.2) is 9.78 Å². The van der Waals surface area contributed by atoms with Gasteiger partial charge in [0.15, 0.2) is 5.13 Å². The van der Waals surface area contributed by atoms with Gasteiger partial charge in [-0.3, -0.25) is 10.2 Å². The molecule has 3 rings (SSSR count). The number of aliphatic hydroxyl groups is 1. The van der Waals surface area contributed by atoms with Crippen LogP contribution in [0.15, 0.2) is 36.5 Å². The van der Waals surface area contributed by atoms with Gasteiger partial charge < -0.3 is 10.0 Å². The second-order valence-electron chi connectivity index (χ2n) is 5.92. The van der Waals surface area contributed by atoms with Crippen LogP contribution in [0.3, 0.4) is 0 Å². The smallest absolute Gasteiger partial charge is 0.323 e. The maximum Gasteiger partial charge on any atom is 0.323 e. The van der Waals surface area contributed by atoms with Crippen LogP contribution in [0.25, 0.3) is 0 Å². The molecule has 2 amide bonds. The van der Waals surface area contributed by atoms with Crippen molar-refractivity contribution in [3.63, 3.8) is 0 Å². The Hall–Kier alpha value is -1.96. The lowest BCUT2D eigenvalue weighted by Crippen LogP contribution is -2.50. The number of thiazole rings is 1. The van der Waals surface area contributed by atoms with E-state index in [0.29, 0.717) is 24.8 Å². The average Bonchev–Trinajstić information content (AvgIpc) is 3.01. The van der Waals surface area contributed by atoms with Crippen LogP contribution in [0.4, 0.5) is 9.93 Å². The van der Waals surface area contributed by atoms with Crippen LogP contribution in [-0.2, 0) is 0 Å². The third-order valence-corrected chi connectivity index (χ3v) is 4.94. The van der Waals surface area contributed by atoms with Crippen molar-refractivity contribution in [2.24, 2.45) is 0 Å². The first-order valence-electron chi connectivity index (χ1n) is 8.05. The number of nitrogens with one attached hydrogen (secondary N) is 1. The molecule has 7 heteroatoms. The highest BCUT2D eigenvalue weighted by atomic mass is 32.1. The summed E-state index contributed by atoms with van der Waals surface area (Å²) in [4.78, 5) is 21.5. The lowest BCUT2D eigenvalue weighted by molar-refractivity contribution is 0.0831. The maximum absolute atomic E-state index is 12.2. The number of aryl methyl sites for hydroxylation is 1. The van der Waals surface area contributed by atoms with E-state index in [2.05, 4.69) is 15.2 Å². The third kappa shape index (κ3) is 4.31. The second kappa shape index (κ2) is 7.74. The molecule has 0 bridgehead atoms. The number of aromatic nitrogens is 1. The predicted molar refractivity (Wildman–Crippen MR) is 95.3 cm³/mol. The molecule has 1 fully saturated rings. The van der Waals surface area contributed by atoms with Crippen LogP contribution in [0, 0.1) is 6.92 Å². The topological polar surface area (TPSA) is 68.7 Å². The second-order valence-corrected chi connectivity index (χ2v) is 7.16. The quantitative estimate of drug-likeness (QED) is 0.892. The molecule has 1 aromatic carbocycles. The number of anilines is 1. The van der Waals surface area contributed by atoms with Crippen molar-refractivity contribution in [2.45, 2.75) is 13.0 Å². The van der Waals surface area contributed by atoms with Crippen LogP contribution in [-0.4, -0.2) is 58.6 Å². The third-order valence-electron chi connectivity index (χ3n) is 4.11. The number of hydrogen-bond donors (Lipinski definition) is 2. The molecule has 128 valence electrons. The summed E-state index contributed by atoms with van der Waals surface area (Å²) in [7, 11) is 0. The van der Waals surface area contributed by atoms with Crippen LogP contribution < -0.4 is 5.32 Å². The molecule has 0 radical (unpaired) electrons. The zero-order valence-corrected chi connectivity index (χ0v) is 14.5. The highest BCUT2D eigenvalue weighted by Gasteiger charge is 2.23. The number of nitrogens with zero attached hydrogens (tertiary/aromatic N) is 3. The molecule has 0 aliphatic carbocycles. The molecule has 2 aromatic rings. The minimum Gasteiger partial charge on any atom is -0.387 e. The first-order valence-corrected chi connectivity index (χ1v) is 8.87. The van der Waals surface area contributed by atoms with E-state index in [1.165, 1.54) is 11.3 Å². The molecular formula is C17H22N4O2S. The Kier molecular flexibility index (Phi) is 5.44. The molecule has 0 saturated carbocycles. The fraction of sp³-hybridized carbons (Fsp3) is 0.412. The number of rotatable bonds is 4. The summed E-state index contributed by atoms with van der Waals surface area (Å²) < 4.78 is 0. The number of amides is 2. The van der Waals surface area contributed by atoms with Gasteiger partial charge in [-0.2, -0.15) is 0 Å². The van der Waals surface area contributed by atoms with Gasteiger partial charge in [0.2, 0.25) is 0 Å². The normalized spacial score (nSPS) is 16.8. The number of carbonyl (C=O) groups excluding carboxylic acids is 1. The van der Waals surface area contributed by atoms with Crippen molar-refractivity contribution in [3.05, 3.63) is 47.0 Å². The molecule has 6 nitrogen and oxygen atoms in total. The van der Waals surface area contributed by atoms with Crippen LogP contribution in [0.1, 0.15) is 16.5 Å². The Morgan fingerprint density at radius 2 is 2.00 bits per heavy atom. The van der Waals surface area contributed by atoms with Crippen LogP contribution in [0.5, 0.6) is 0 Å². The number of benzene rings is 1. The molecule has 24 heavy (non-hydrogen) atoms. The number of hydrogen-bond acceptors (Lipinski definition) is 5. The molecule has 1 saturated heterocycles. The Labute approximate surface area is 145 Å². The van der Waals surface area contributed by atoms with E-state index >= 15 is 0 Å². The Morgan fingerprint density at radius 3 is 2.62 bits per heavy atom. The summed E-state index contributed by atoms with van der Waals surface area (Å²) in [5, 5.41) is 13.8. The van der Waals surface area contributed by atoms with Gasteiger partial charge in [-0.15, -0.1) is 11.3 Å². The summed E-state index contributed by atoms with van der Waals surface area (Å²) in [6.07, 6.45) is 1.26. The van der Waals surface area contributed by atoms with E-state index in [0.717, 1.165) is 23.5 Å². The maximum atomic E-state index is 12.2. The zero-order chi connectivity index (χ0) is 16.9. The molecule has 2 N–H and O–H groups in total. The Balaban J connectivity index is 1.46. The van der Waals surface area contributed by atoms with E-state index in [1.807, 2.05) is 37.3 Å². The summed E-state index contributed by atoms with van der Waals surface area (Å²) in [6.45, 7) is 5.37. The van der Waals surface area contributed by atoms with Crippen LogP contribution in [0.2, 0.25) is 0 Å². The highest BCUT2D eigenvalue weighted by molar-refractivity contribution is 7.15. The van der Waals surface area contributed by atoms with Gasteiger partial charge in [-0.05, 0) is 12.5 Å². The van der Waals surface area contributed by atoms with E-state index in [9.17, 15) is 9.90 Å². The molecular weight excluding hydrogens is 324 g/mol. The van der Waals surface area contributed by atoms with Gasteiger partial charge in [0.1, 0.15) is 0 Å². The zero-order valence-electron chi connectivity index (χ0n) is 13.7. The number of aliphatic hydroxyl groups excluding tert-OH is 1. The monoisotopic (exact) mass is 346 g/mol. The Bertz CT molecular complexity index is 668. The van der Waals surface area contributed by atoms with Crippen molar-refractivity contribution in [2.75, 3.05) is 38.0 Å². The van der Waals surface area contributed by atoms with Crippen molar-refractivity contribution in [1.29, 1.82) is 0 Å². The summed E-state index contributed by atoms with van der Waals surface area (Å²) in [5.41, 5.74) is 0.928. The van der Waals surface area contributed by atoms with Crippen molar-refractivity contribution in [1.82, 2.24) is 14.8 Å². The number of piperazine rings is 1. The minimum atomic E-state index is -0.495. The Morgan fingerprint density at radius 1 is 1.29 bits per heavy atom. The van der Waals surface area contributed by atoms with Crippen molar-refractivity contribution < 1.29 is 9.90 Å². The summed E-state index contributed by atoms with van der Waals surface area (Å²) in [6, 6.07) is 9.57. The van der Waals surface area contributed by atoms with E-state index in [-0.39, 0.29) is 6.03 Å². The highest BCUT2D eigenvalue weighted by Crippen LogP contribution is 2.18. The molecule has 1 aromatic heterocycles. The van der Waals surface area contributed by atoms with Crippen molar-refractivity contribution in [3.8, 4) is 0 Å². The largest absolute Gasteiger partial charge is 0.387 e. The lowest BCUT2D eigenvalue weighted by Gasteiger charge is -2.35. The fourth-order valence-electron chi connectivity index (χ4n) is 2.74.